The van der Waals surface area contributed by atoms with E-state index in [1.54, 1.807) is 0 Å². The fourth-order valence-corrected chi connectivity index (χ4v) is 4.88. The minimum absolute atomic E-state index is 0.293. The number of ketones is 1. The van der Waals surface area contributed by atoms with Crippen LogP contribution >= 0.6 is 0 Å². The van der Waals surface area contributed by atoms with Crippen molar-refractivity contribution in [3.63, 3.8) is 0 Å². The molecule has 16 heavy (non-hydrogen) atoms. The predicted molar refractivity (Wildman–Crippen MR) is 67.4 cm³/mol. The van der Waals surface area contributed by atoms with E-state index in [1.807, 2.05) is 48.5 Å². The van der Waals surface area contributed by atoms with E-state index in [-0.39, 0.29) is 0 Å². The molecular weight excluding hydrogens is 393 g/mol. The van der Waals surface area contributed by atoms with E-state index in [0.29, 0.717) is 5.78 Å². The van der Waals surface area contributed by atoms with Crippen LogP contribution in [0.3, 0.4) is 0 Å². The first-order valence-electron chi connectivity index (χ1n) is 5.17. The summed E-state index contributed by atoms with van der Waals surface area (Å²) in [5.74, 6) is 0.293. The molecule has 0 aliphatic rings. The minimum atomic E-state index is -0.832. The van der Waals surface area contributed by atoms with Gasteiger partial charge in [-0.3, -0.25) is 0 Å². The third kappa shape index (κ3) is 3.25. The average Bonchev–Trinajstić information content (AvgIpc) is 2.38. The Morgan fingerprint density at radius 1 is 0.875 bits per heavy atom. The van der Waals surface area contributed by atoms with Crippen molar-refractivity contribution in [3.8, 4) is 0 Å². The summed E-state index contributed by atoms with van der Waals surface area (Å²) in [5, 5.41) is 0. The SMILES string of the molecule is O=C([CH2][Bi][c]1ccccc1)c1ccccc1. The van der Waals surface area contributed by atoms with Gasteiger partial charge in [0.15, 0.2) is 0 Å². The molecule has 2 aromatic carbocycles. The Kier molecular flexibility index (Phi) is 4.24. The van der Waals surface area contributed by atoms with Crippen molar-refractivity contribution in [2.45, 2.75) is 4.13 Å². The van der Waals surface area contributed by atoms with Crippen LogP contribution in [0, 0.1) is 0 Å². The Hall–Kier alpha value is -1.01. The van der Waals surface area contributed by atoms with Crippen molar-refractivity contribution in [1.29, 1.82) is 0 Å². The molecule has 0 aliphatic heterocycles. The van der Waals surface area contributed by atoms with Gasteiger partial charge >= 0.3 is 107 Å². The molecule has 2 rings (SSSR count). The molecule has 0 aromatic heterocycles. The van der Waals surface area contributed by atoms with Crippen LogP contribution in [0.1, 0.15) is 10.4 Å². The maximum absolute atomic E-state index is 11.9. The number of hydrogen-bond donors (Lipinski definition) is 0. The van der Waals surface area contributed by atoms with Crippen LogP contribution in [0.25, 0.3) is 0 Å². The van der Waals surface area contributed by atoms with Gasteiger partial charge in [-0.25, -0.2) is 0 Å². The van der Waals surface area contributed by atoms with Crippen LogP contribution in [-0.2, 0) is 0 Å². The van der Waals surface area contributed by atoms with E-state index in [0.717, 1.165) is 9.69 Å². The van der Waals surface area contributed by atoms with E-state index in [1.165, 1.54) is 3.27 Å². The molecule has 0 aliphatic carbocycles. The molecule has 0 atom stereocenters. The van der Waals surface area contributed by atoms with Crippen LogP contribution in [-0.4, -0.2) is 29.0 Å². The number of carbonyl (C=O) groups is 1. The number of benzene rings is 2. The van der Waals surface area contributed by atoms with E-state index < -0.39 is 23.2 Å². The van der Waals surface area contributed by atoms with Gasteiger partial charge in [0.2, 0.25) is 0 Å². The Bertz CT molecular complexity index is 451. The molecule has 0 fully saturated rings. The summed E-state index contributed by atoms with van der Waals surface area (Å²) >= 11 is -0.832. The first kappa shape index (κ1) is 11.5. The Labute approximate surface area is 107 Å². The van der Waals surface area contributed by atoms with Gasteiger partial charge in [-0.1, -0.05) is 0 Å². The van der Waals surface area contributed by atoms with Crippen molar-refractivity contribution in [2.75, 3.05) is 0 Å². The van der Waals surface area contributed by atoms with Crippen LogP contribution < -0.4 is 3.27 Å². The molecule has 0 saturated heterocycles. The monoisotopic (exact) mass is 405 g/mol. The van der Waals surface area contributed by atoms with Gasteiger partial charge in [-0.2, -0.15) is 0 Å². The molecule has 0 bridgehead atoms. The predicted octanol–water partition coefficient (Wildman–Crippen LogP) is 2.32. The second-order valence-corrected chi connectivity index (χ2v) is 7.91. The maximum atomic E-state index is 11.9. The van der Waals surface area contributed by atoms with Crippen LogP contribution in [0.4, 0.5) is 0 Å². The number of carbonyl (C=O) groups excluding carboxylic acids is 1. The topological polar surface area (TPSA) is 17.1 Å². The number of hydrogen-bond acceptors (Lipinski definition) is 1. The molecule has 0 saturated carbocycles. The summed E-state index contributed by atoms with van der Waals surface area (Å²) < 4.78 is 2.15. The fraction of sp³-hybridized carbons (Fsp3) is 0.0714. The molecule has 1 radical (unpaired) electrons. The third-order valence-electron chi connectivity index (χ3n) is 2.26. The molecule has 0 N–H and O–H groups in total. The van der Waals surface area contributed by atoms with Crippen LogP contribution in [0.2, 0.25) is 4.13 Å². The zero-order valence-electron chi connectivity index (χ0n) is 8.84. The van der Waals surface area contributed by atoms with Gasteiger partial charge < -0.3 is 0 Å². The molecule has 0 heterocycles. The van der Waals surface area contributed by atoms with Crippen molar-refractivity contribution in [1.82, 2.24) is 0 Å². The Morgan fingerprint density at radius 3 is 2.06 bits per heavy atom. The summed E-state index contributed by atoms with van der Waals surface area (Å²) in [6.45, 7) is 0. The number of rotatable bonds is 4. The molecule has 0 amide bonds. The summed E-state index contributed by atoms with van der Waals surface area (Å²) in [7, 11) is 0. The van der Waals surface area contributed by atoms with Gasteiger partial charge in [-0.05, 0) is 0 Å². The molecule has 2 aromatic rings. The molecule has 0 spiro atoms. The quantitative estimate of drug-likeness (QED) is 0.564. The first-order valence-corrected chi connectivity index (χ1v) is 9.37. The summed E-state index contributed by atoms with van der Waals surface area (Å²) in [6, 6.07) is 20.0. The van der Waals surface area contributed by atoms with E-state index in [9.17, 15) is 4.79 Å². The standard InChI is InChI=1S/C8H7O.C6H5.Bi/c1-7(9)8-5-3-2-4-6-8;1-2-4-6-5-3-1;/h2-6H,1H2;1-5H;. The summed E-state index contributed by atoms with van der Waals surface area (Å²) in [5.41, 5.74) is 0.849. The van der Waals surface area contributed by atoms with Gasteiger partial charge in [0.05, 0.1) is 0 Å². The average molecular weight is 405 g/mol. The zero-order valence-corrected chi connectivity index (χ0v) is 12.3. The molecule has 0 unspecified atom stereocenters. The van der Waals surface area contributed by atoms with Crippen LogP contribution in [0.15, 0.2) is 60.7 Å². The van der Waals surface area contributed by atoms with Crippen molar-refractivity contribution in [2.24, 2.45) is 0 Å². The van der Waals surface area contributed by atoms with Crippen LogP contribution in [0.5, 0.6) is 0 Å². The van der Waals surface area contributed by atoms with Crippen molar-refractivity contribution >= 4 is 32.3 Å². The third-order valence-corrected chi connectivity index (χ3v) is 6.57. The van der Waals surface area contributed by atoms with E-state index in [4.69, 9.17) is 0 Å². The normalized spacial score (nSPS) is 10.0. The Morgan fingerprint density at radius 2 is 1.44 bits per heavy atom. The molecule has 79 valence electrons. The van der Waals surface area contributed by atoms with Gasteiger partial charge in [0.25, 0.3) is 0 Å². The molecule has 1 nitrogen and oxygen atoms in total. The summed E-state index contributed by atoms with van der Waals surface area (Å²) in [6.07, 6.45) is 0. The summed E-state index contributed by atoms with van der Waals surface area (Å²) in [4.78, 5) is 11.9. The molecule has 2 heteroatoms. The second kappa shape index (κ2) is 5.91. The Balaban J connectivity index is 1.95. The van der Waals surface area contributed by atoms with Gasteiger partial charge in [0, 0.05) is 0 Å². The second-order valence-electron chi connectivity index (χ2n) is 3.44. The molecular formula is C14H12BiO. The zero-order chi connectivity index (χ0) is 11.2. The van der Waals surface area contributed by atoms with E-state index in [2.05, 4.69) is 12.1 Å². The van der Waals surface area contributed by atoms with Gasteiger partial charge in [-0.15, -0.1) is 0 Å². The van der Waals surface area contributed by atoms with Crippen molar-refractivity contribution in [3.05, 3.63) is 66.2 Å². The van der Waals surface area contributed by atoms with Gasteiger partial charge in [0.1, 0.15) is 0 Å². The van der Waals surface area contributed by atoms with E-state index >= 15 is 0 Å². The fourth-order valence-electron chi connectivity index (χ4n) is 1.41. The van der Waals surface area contributed by atoms with Crippen molar-refractivity contribution < 1.29 is 4.79 Å². The first-order chi connectivity index (χ1) is 7.86. The number of Topliss-reactive ketones (excluding diaryl/α,β-unsaturated/α-hetero) is 1.